The molecule has 0 fully saturated rings. The number of aromatic carboxylic acids is 1. The normalized spacial score (nSPS) is 12.1. The molecule has 0 aliphatic carbocycles. The molecule has 14 nitrogen and oxygen atoms in total. The average Bonchev–Trinajstić information content (AvgIpc) is 2.88. The minimum absolute atomic E-state index is 0.0546. The zero-order valence-corrected chi connectivity index (χ0v) is 22.3. The van der Waals surface area contributed by atoms with Crippen LogP contribution in [0.15, 0.2) is 80.7 Å². The lowest BCUT2D eigenvalue weighted by molar-refractivity contribution is 0.0693. The molecule has 0 saturated heterocycles. The molecule has 0 heterocycles. The van der Waals surface area contributed by atoms with Crippen molar-refractivity contribution < 1.29 is 50.8 Å². The number of carbonyl (C=O) groups is 2. The van der Waals surface area contributed by atoms with Crippen molar-refractivity contribution in [2.45, 2.75) is 16.7 Å². The first-order valence-corrected chi connectivity index (χ1v) is 14.1. The Morgan fingerprint density at radius 3 is 2.10 bits per heavy atom. The van der Waals surface area contributed by atoms with Crippen LogP contribution >= 0.6 is 0 Å². The number of phenolic OH excluding ortho intramolecular Hbond substituents is 1. The summed E-state index contributed by atoms with van der Waals surface area (Å²) in [7, 11) is -9.94. The minimum atomic E-state index is -4.99. The number of carboxylic acid groups (broad SMARTS) is 1. The number of carbonyl (C=O) groups excluding carboxylic acids is 1. The highest BCUT2D eigenvalue weighted by atomic mass is 32.2. The summed E-state index contributed by atoms with van der Waals surface area (Å²) in [6.07, 6.45) is 0. The van der Waals surface area contributed by atoms with Crippen molar-refractivity contribution in [3.05, 3.63) is 77.4 Å². The van der Waals surface area contributed by atoms with E-state index in [0.29, 0.717) is 11.6 Å². The summed E-state index contributed by atoms with van der Waals surface area (Å²) in [6, 6.07) is 11.2. The van der Waals surface area contributed by atoms with Gasteiger partial charge in [0.15, 0.2) is 0 Å². The second kappa shape index (κ2) is 10.6. The molecule has 16 heteroatoms. The molecule has 0 atom stereocenters. The Hall–Kier alpha value is -4.90. The van der Waals surface area contributed by atoms with E-state index in [9.17, 15) is 45.7 Å². The van der Waals surface area contributed by atoms with E-state index in [4.69, 9.17) is 5.11 Å². The fraction of sp³-hybridized carbons (Fsp3) is 0.0400. The van der Waals surface area contributed by atoms with Crippen LogP contribution < -0.4 is 5.32 Å². The van der Waals surface area contributed by atoms with Crippen LogP contribution in [0.1, 0.15) is 26.3 Å². The number of fused-ring (bicyclic) bond motifs is 1. The standard InChI is InChI=1S/C25H19N3O11S2/c1-12-2-3-13(24(31)26-14-4-6-20(29)18(9-14)25(32)33)8-19(12)27-28-23-17-10-15(40(34,35)36)11-22(41(37,38)39)16(17)5-7-21(23)30/h2-11,29-30H,1H3,(H,26,31)(H,32,33)(H,34,35,36)(H,37,38,39). The molecule has 4 rings (SSSR count). The molecule has 6 N–H and O–H groups in total. The van der Waals surface area contributed by atoms with Crippen molar-refractivity contribution >= 4 is 59.9 Å². The Morgan fingerprint density at radius 2 is 1.46 bits per heavy atom. The van der Waals surface area contributed by atoms with Crippen molar-refractivity contribution in [2.24, 2.45) is 10.2 Å². The van der Waals surface area contributed by atoms with Gasteiger partial charge in [-0.2, -0.15) is 21.9 Å². The van der Waals surface area contributed by atoms with Crippen molar-refractivity contribution in [1.82, 2.24) is 0 Å². The number of nitrogens with zero attached hydrogens (tertiary/aromatic N) is 2. The van der Waals surface area contributed by atoms with Gasteiger partial charge in [-0.25, -0.2) is 4.79 Å². The maximum Gasteiger partial charge on any atom is 0.339 e. The van der Waals surface area contributed by atoms with Gasteiger partial charge in [0.1, 0.15) is 27.6 Å². The van der Waals surface area contributed by atoms with E-state index in [2.05, 4.69) is 15.5 Å². The van der Waals surface area contributed by atoms with Gasteiger partial charge in [-0.05, 0) is 67.1 Å². The average molecular weight is 602 g/mol. The molecule has 0 unspecified atom stereocenters. The summed E-state index contributed by atoms with van der Waals surface area (Å²) in [4.78, 5) is 22.3. The van der Waals surface area contributed by atoms with E-state index >= 15 is 0 Å². The first-order chi connectivity index (χ1) is 19.1. The second-order valence-corrected chi connectivity index (χ2v) is 11.4. The third-order valence-corrected chi connectivity index (χ3v) is 7.54. The number of carboxylic acids is 1. The van der Waals surface area contributed by atoms with Crippen molar-refractivity contribution in [1.29, 1.82) is 0 Å². The van der Waals surface area contributed by atoms with Crippen LogP contribution in [-0.2, 0) is 20.2 Å². The quantitative estimate of drug-likeness (QED) is 0.0984. The zero-order valence-electron chi connectivity index (χ0n) is 20.7. The molecule has 212 valence electrons. The summed E-state index contributed by atoms with van der Waals surface area (Å²) in [5.41, 5.74) is -0.0901. The fourth-order valence-electron chi connectivity index (χ4n) is 3.77. The smallest absolute Gasteiger partial charge is 0.339 e. The Balaban J connectivity index is 1.77. The first-order valence-electron chi connectivity index (χ1n) is 11.2. The van der Waals surface area contributed by atoms with E-state index in [1.807, 2.05) is 0 Å². The predicted molar refractivity (Wildman–Crippen MR) is 144 cm³/mol. The van der Waals surface area contributed by atoms with Gasteiger partial charge in [0, 0.05) is 22.0 Å². The van der Waals surface area contributed by atoms with Gasteiger partial charge in [-0.1, -0.05) is 6.07 Å². The minimum Gasteiger partial charge on any atom is -0.507 e. The summed E-state index contributed by atoms with van der Waals surface area (Å²) in [5, 5.41) is 39.2. The SMILES string of the molecule is Cc1ccc(C(=O)Nc2ccc(O)c(C(=O)O)c2)cc1N=Nc1c(O)ccc2c(S(=O)(=O)O)cc(S(=O)(=O)O)cc12. The Bertz CT molecular complexity index is 2010. The highest BCUT2D eigenvalue weighted by Gasteiger charge is 2.23. The number of hydrogen-bond acceptors (Lipinski definition) is 10. The number of phenols is 2. The van der Waals surface area contributed by atoms with Gasteiger partial charge < -0.3 is 20.6 Å². The largest absolute Gasteiger partial charge is 0.507 e. The van der Waals surface area contributed by atoms with E-state index in [1.165, 1.54) is 24.3 Å². The van der Waals surface area contributed by atoms with Crippen LogP contribution in [0.2, 0.25) is 0 Å². The van der Waals surface area contributed by atoms with Crippen LogP contribution in [0.3, 0.4) is 0 Å². The maximum absolute atomic E-state index is 12.8. The summed E-state index contributed by atoms with van der Waals surface area (Å²) in [5.74, 6) is -3.12. The molecule has 1 amide bonds. The molecule has 0 radical (unpaired) electrons. The van der Waals surface area contributed by atoms with Gasteiger partial charge in [-0.3, -0.25) is 13.9 Å². The van der Waals surface area contributed by atoms with Crippen LogP contribution in [0.25, 0.3) is 10.8 Å². The van der Waals surface area contributed by atoms with Crippen LogP contribution in [0.5, 0.6) is 11.5 Å². The molecule has 4 aromatic carbocycles. The fourth-order valence-corrected chi connectivity index (χ4v) is 5.11. The molecule has 41 heavy (non-hydrogen) atoms. The third-order valence-electron chi connectivity index (χ3n) is 5.81. The molecule has 0 aromatic heterocycles. The highest BCUT2D eigenvalue weighted by molar-refractivity contribution is 7.86. The number of anilines is 1. The molecular weight excluding hydrogens is 582 g/mol. The number of azo groups is 1. The van der Waals surface area contributed by atoms with Gasteiger partial charge in [0.2, 0.25) is 0 Å². The molecular formula is C25H19N3O11S2. The van der Waals surface area contributed by atoms with E-state index in [0.717, 1.165) is 30.3 Å². The topological polar surface area (TPSA) is 240 Å². The number of amides is 1. The van der Waals surface area contributed by atoms with E-state index in [1.54, 1.807) is 6.92 Å². The van der Waals surface area contributed by atoms with Gasteiger partial charge in [0.25, 0.3) is 26.1 Å². The number of hydrogen-bond donors (Lipinski definition) is 6. The first kappa shape index (κ1) is 29.1. The molecule has 0 spiro atoms. The molecule has 0 bridgehead atoms. The van der Waals surface area contributed by atoms with Gasteiger partial charge in [-0.15, -0.1) is 5.11 Å². The Labute approximate surface area is 231 Å². The van der Waals surface area contributed by atoms with Crippen LogP contribution in [0.4, 0.5) is 17.1 Å². The lowest BCUT2D eigenvalue weighted by Gasteiger charge is -2.10. The van der Waals surface area contributed by atoms with Crippen LogP contribution in [-0.4, -0.2) is 53.1 Å². The number of rotatable bonds is 7. The van der Waals surface area contributed by atoms with E-state index < -0.39 is 64.7 Å². The second-order valence-electron chi connectivity index (χ2n) is 8.59. The molecule has 0 aliphatic heterocycles. The number of aromatic hydroxyl groups is 2. The number of aryl methyl sites for hydroxylation is 1. The summed E-state index contributed by atoms with van der Waals surface area (Å²) < 4.78 is 66.5. The predicted octanol–water partition coefficient (Wildman–Crippen LogP) is 4.42. The lowest BCUT2D eigenvalue weighted by atomic mass is 10.1. The third kappa shape index (κ3) is 6.15. The number of benzene rings is 4. The van der Waals surface area contributed by atoms with Gasteiger partial charge in [0.05, 0.1) is 10.6 Å². The molecule has 0 saturated carbocycles. The Morgan fingerprint density at radius 1 is 0.780 bits per heavy atom. The van der Waals surface area contributed by atoms with Crippen molar-refractivity contribution in [2.75, 3.05) is 5.32 Å². The monoisotopic (exact) mass is 601 g/mol. The Kier molecular flexibility index (Phi) is 7.51. The summed E-state index contributed by atoms with van der Waals surface area (Å²) >= 11 is 0. The maximum atomic E-state index is 12.8. The highest BCUT2D eigenvalue weighted by Crippen LogP contribution is 2.40. The summed E-state index contributed by atoms with van der Waals surface area (Å²) in [6.45, 7) is 1.62. The van der Waals surface area contributed by atoms with Crippen LogP contribution in [0, 0.1) is 6.92 Å². The zero-order chi connectivity index (χ0) is 30.3. The van der Waals surface area contributed by atoms with Crippen molar-refractivity contribution in [3.8, 4) is 11.5 Å². The van der Waals surface area contributed by atoms with E-state index in [-0.39, 0.29) is 27.7 Å². The van der Waals surface area contributed by atoms with Gasteiger partial charge >= 0.3 is 5.97 Å². The van der Waals surface area contributed by atoms with Crippen molar-refractivity contribution in [3.63, 3.8) is 0 Å². The number of nitrogens with one attached hydrogen (secondary N) is 1. The lowest BCUT2D eigenvalue weighted by Crippen LogP contribution is -2.12. The molecule has 4 aromatic rings. The molecule has 0 aliphatic rings.